The molecule has 20 heavy (non-hydrogen) atoms. The molecular weight excluding hydrogens is 252 g/mol. The van der Waals surface area contributed by atoms with Crippen LogP contribution in [0.1, 0.15) is 24.8 Å². The molecule has 0 unspecified atom stereocenters. The van der Waals surface area contributed by atoms with Gasteiger partial charge in [0, 0.05) is 20.0 Å². The van der Waals surface area contributed by atoms with Gasteiger partial charge in [0.2, 0.25) is 11.8 Å². The second-order valence-electron chi connectivity index (χ2n) is 5.98. The van der Waals surface area contributed by atoms with Crippen LogP contribution in [0.25, 0.3) is 0 Å². The van der Waals surface area contributed by atoms with E-state index < -0.39 is 5.41 Å². The first-order valence-corrected chi connectivity index (χ1v) is 7.18. The number of piperidine rings is 1. The molecule has 0 radical (unpaired) electrons. The summed E-state index contributed by atoms with van der Waals surface area (Å²) >= 11 is 0. The number of hydrogen-bond acceptors (Lipinski definition) is 3. The van der Waals surface area contributed by atoms with Crippen LogP contribution in [0.2, 0.25) is 0 Å². The highest BCUT2D eigenvalue weighted by Crippen LogP contribution is 2.41. The summed E-state index contributed by atoms with van der Waals surface area (Å²) in [7, 11) is 1.61. The number of amides is 2. The summed E-state index contributed by atoms with van der Waals surface area (Å²) in [6.07, 6.45) is 2.00. The van der Waals surface area contributed by atoms with Crippen molar-refractivity contribution in [2.24, 2.45) is 5.41 Å². The number of nitrogens with zero attached hydrogens (tertiary/aromatic N) is 2. The van der Waals surface area contributed by atoms with E-state index in [1.807, 2.05) is 6.07 Å². The third-order valence-corrected chi connectivity index (χ3v) is 4.68. The van der Waals surface area contributed by atoms with Crippen molar-refractivity contribution in [2.75, 3.05) is 20.1 Å². The molecule has 0 atom stereocenters. The topological polar surface area (TPSA) is 40.6 Å². The maximum absolute atomic E-state index is 12.2. The summed E-state index contributed by atoms with van der Waals surface area (Å²) in [4.78, 5) is 27.7. The van der Waals surface area contributed by atoms with Gasteiger partial charge in [-0.1, -0.05) is 30.3 Å². The Morgan fingerprint density at radius 2 is 1.75 bits per heavy atom. The molecule has 2 aliphatic rings. The number of hydrogen-bond donors (Lipinski definition) is 0. The Hall–Kier alpha value is -1.68. The van der Waals surface area contributed by atoms with Crippen molar-refractivity contribution in [3.8, 4) is 0 Å². The van der Waals surface area contributed by atoms with Crippen LogP contribution in [0, 0.1) is 5.41 Å². The van der Waals surface area contributed by atoms with Crippen LogP contribution in [0.3, 0.4) is 0 Å². The molecule has 2 heterocycles. The van der Waals surface area contributed by atoms with Crippen molar-refractivity contribution in [3.05, 3.63) is 35.9 Å². The molecule has 1 aromatic carbocycles. The van der Waals surface area contributed by atoms with E-state index in [2.05, 4.69) is 29.2 Å². The lowest BCUT2D eigenvalue weighted by atomic mass is 9.77. The molecule has 106 valence electrons. The standard InChI is InChI=1S/C16H20N2O2/c1-17-14(19)11-16(15(17)20)7-9-18(10-8-16)12-13-5-3-2-4-6-13/h2-6H,7-12H2,1H3. The Morgan fingerprint density at radius 3 is 2.30 bits per heavy atom. The van der Waals surface area contributed by atoms with Crippen LogP contribution in [0.5, 0.6) is 0 Å². The first-order valence-electron chi connectivity index (χ1n) is 7.18. The van der Waals surface area contributed by atoms with Crippen LogP contribution in [0.15, 0.2) is 30.3 Å². The molecule has 2 fully saturated rings. The lowest BCUT2D eigenvalue weighted by Gasteiger charge is -2.37. The smallest absolute Gasteiger partial charge is 0.235 e. The zero-order valence-corrected chi connectivity index (χ0v) is 11.8. The number of imide groups is 1. The van der Waals surface area contributed by atoms with Crippen LogP contribution < -0.4 is 0 Å². The van der Waals surface area contributed by atoms with Gasteiger partial charge in [-0.3, -0.25) is 19.4 Å². The van der Waals surface area contributed by atoms with Crippen LogP contribution in [-0.2, 0) is 16.1 Å². The molecule has 1 aromatic rings. The van der Waals surface area contributed by atoms with E-state index in [4.69, 9.17) is 0 Å². The number of carbonyl (C=O) groups excluding carboxylic acids is 2. The normalized spacial score (nSPS) is 22.8. The minimum atomic E-state index is -0.404. The molecule has 0 saturated carbocycles. The van der Waals surface area contributed by atoms with Gasteiger partial charge in [-0.05, 0) is 31.5 Å². The first kappa shape index (κ1) is 13.3. The van der Waals surface area contributed by atoms with Gasteiger partial charge in [0.25, 0.3) is 0 Å². The van der Waals surface area contributed by atoms with Gasteiger partial charge in [0.15, 0.2) is 0 Å². The first-order chi connectivity index (χ1) is 9.61. The predicted molar refractivity (Wildman–Crippen MR) is 75.8 cm³/mol. The third kappa shape index (κ3) is 2.24. The summed E-state index contributed by atoms with van der Waals surface area (Å²) in [5, 5.41) is 0. The van der Waals surface area contributed by atoms with Crippen molar-refractivity contribution in [1.29, 1.82) is 0 Å². The molecule has 0 aromatic heterocycles. The fourth-order valence-electron chi connectivity index (χ4n) is 3.32. The van der Waals surface area contributed by atoms with E-state index in [-0.39, 0.29) is 11.8 Å². The molecule has 2 saturated heterocycles. The minimum Gasteiger partial charge on any atom is -0.299 e. The highest BCUT2D eigenvalue weighted by molar-refractivity contribution is 6.05. The Kier molecular flexibility index (Phi) is 3.34. The lowest BCUT2D eigenvalue weighted by molar-refractivity contribution is -0.141. The summed E-state index contributed by atoms with van der Waals surface area (Å²) < 4.78 is 0. The second kappa shape index (κ2) is 5.02. The highest BCUT2D eigenvalue weighted by Gasteiger charge is 2.51. The fraction of sp³-hybridized carbons (Fsp3) is 0.500. The summed E-state index contributed by atoms with van der Waals surface area (Å²) in [5.41, 5.74) is 0.897. The molecule has 4 nitrogen and oxygen atoms in total. The molecular formula is C16H20N2O2. The highest BCUT2D eigenvalue weighted by atomic mass is 16.2. The van der Waals surface area contributed by atoms with Crippen molar-refractivity contribution < 1.29 is 9.59 Å². The van der Waals surface area contributed by atoms with E-state index in [1.165, 1.54) is 10.5 Å². The minimum absolute atomic E-state index is 0.0218. The van der Waals surface area contributed by atoms with Gasteiger partial charge >= 0.3 is 0 Å². The van der Waals surface area contributed by atoms with E-state index in [1.54, 1.807) is 7.05 Å². The van der Waals surface area contributed by atoms with E-state index in [9.17, 15) is 9.59 Å². The zero-order valence-electron chi connectivity index (χ0n) is 11.8. The number of benzene rings is 1. The van der Waals surface area contributed by atoms with E-state index >= 15 is 0 Å². The average molecular weight is 272 g/mol. The Balaban J connectivity index is 1.63. The molecule has 1 spiro atoms. The summed E-state index contributed by atoms with van der Waals surface area (Å²) in [6.45, 7) is 2.71. The zero-order chi connectivity index (χ0) is 14.2. The Morgan fingerprint density at radius 1 is 1.10 bits per heavy atom. The van der Waals surface area contributed by atoms with Crippen molar-refractivity contribution in [1.82, 2.24) is 9.80 Å². The van der Waals surface area contributed by atoms with Crippen molar-refractivity contribution in [2.45, 2.75) is 25.8 Å². The Labute approximate surface area is 119 Å². The maximum atomic E-state index is 12.2. The second-order valence-corrected chi connectivity index (χ2v) is 5.98. The summed E-state index contributed by atoms with van der Waals surface area (Å²) in [5.74, 6) is 0.00775. The van der Waals surface area contributed by atoms with E-state index in [0.717, 1.165) is 32.5 Å². The summed E-state index contributed by atoms with van der Waals surface area (Å²) in [6, 6.07) is 10.4. The number of likely N-dealkylation sites (tertiary alicyclic amines) is 2. The van der Waals surface area contributed by atoms with Gasteiger partial charge in [-0.2, -0.15) is 0 Å². The van der Waals surface area contributed by atoms with Gasteiger partial charge < -0.3 is 0 Å². The molecule has 4 heteroatoms. The fourth-order valence-corrected chi connectivity index (χ4v) is 3.32. The van der Waals surface area contributed by atoms with Crippen molar-refractivity contribution >= 4 is 11.8 Å². The third-order valence-electron chi connectivity index (χ3n) is 4.68. The average Bonchev–Trinajstić information content (AvgIpc) is 2.68. The van der Waals surface area contributed by atoms with Gasteiger partial charge in [-0.15, -0.1) is 0 Å². The molecule has 2 aliphatic heterocycles. The molecule has 0 N–H and O–H groups in total. The SMILES string of the molecule is CN1C(=O)CC2(CCN(Cc3ccccc3)CC2)C1=O. The lowest BCUT2D eigenvalue weighted by Crippen LogP contribution is -2.43. The molecule has 3 rings (SSSR count). The van der Waals surface area contributed by atoms with E-state index in [0.29, 0.717) is 6.42 Å². The quantitative estimate of drug-likeness (QED) is 0.769. The van der Waals surface area contributed by atoms with Gasteiger partial charge in [0.1, 0.15) is 0 Å². The van der Waals surface area contributed by atoms with Gasteiger partial charge in [-0.25, -0.2) is 0 Å². The van der Waals surface area contributed by atoms with Crippen molar-refractivity contribution in [3.63, 3.8) is 0 Å². The number of carbonyl (C=O) groups is 2. The monoisotopic (exact) mass is 272 g/mol. The van der Waals surface area contributed by atoms with Crippen LogP contribution >= 0.6 is 0 Å². The molecule has 0 bridgehead atoms. The molecule has 0 aliphatic carbocycles. The van der Waals surface area contributed by atoms with Crippen LogP contribution in [0.4, 0.5) is 0 Å². The van der Waals surface area contributed by atoms with Gasteiger partial charge in [0.05, 0.1) is 5.41 Å². The maximum Gasteiger partial charge on any atom is 0.235 e. The van der Waals surface area contributed by atoms with Crippen LogP contribution in [-0.4, -0.2) is 41.8 Å². The Bertz CT molecular complexity index is 519. The predicted octanol–water partition coefficient (Wildman–Crippen LogP) is 1.66. The number of rotatable bonds is 2. The molecule has 2 amide bonds. The largest absolute Gasteiger partial charge is 0.299 e.